The van der Waals surface area contributed by atoms with Crippen LogP contribution in [0.5, 0.6) is 0 Å². The van der Waals surface area contributed by atoms with Gasteiger partial charge in [-0.05, 0) is 61.7 Å². The molecule has 9 atom stereocenters. The molecule has 0 spiro atoms. The van der Waals surface area contributed by atoms with Gasteiger partial charge in [-0.2, -0.15) is 0 Å². The summed E-state index contributed by atoms with van der Waals surface area (Å²) in [5.41, 5.74) is 1.13. The highest BCUT2D eigenvalue weighted by atomic mass is 16.6. The molecule has 0 amide bonds. The van der Waals surface area contributed by atoms with Crippen LogP contribution in [0, 0.1) is 28.6 Å². The van der Waals surface area contributed by atoms with Crippen LogP contribution in [0.4, 0.5) is 0 Å². The molecule has 158 valence electrons. The third-order valence-corrected chi connectivity index (χ3v) is 9.81. The Morgan fingerprint density at radius 1 is 1.17 bits per heavy atom. The van der Waals surface area contributed by atoms with Crippen molar-refractivity contribution in [2.24, 2.45) is 28.6 Å². The van der Waals surface area contributed by atoms with Gasteiger partial charge in [-0.3, -0.25) is 9.59 Å². The summed E-state index contributed by atoms with van der Waals surface area (Å²) in [5.74, 6) is 1.92. The van der Waals surface area contributed by atoms with E-state index >= 15 is 0 Å². The number of carbonyl (C=O) groups is 2. The van der Waals surface area contributed by atoms with Gasteiger partial charge in [0, 0.05) is 18.8 Å². The fourth-order valence-electron chi connectivity index (χ4n) is 8.25. The summed E-state index contributed by atoms with van der Waals surface area (Å²) in [6, 6.07) is 0. The zero-order valence-corrected chi connectivity index (χ0v) is 17.7. The lowest BCUT2D eigenvalue weighted by molar-refractivity contribution is -0.149. The minimum atomic E-state index is -0.554. The van der Waals surface area contributed by atoms with Crippen molar-refractivity contribution in [1.29, 1.82) is 0 Å². The van der Waals surface area contributed by atoms with Gasteiger partial charge < -0.3 is 14.2 Å². The number of fused-ring (bicyclic) bond motifs is 7. The summed E-state index contributed by atoms with van der Waals surface area (Å²) in [6.07, 6.45) is 9.75. The Morgan fingerprint density at radius 2 is 1.97 bits per heavy atom. The molecular formula is C24H32O5. The van der Waals surface area contributed by atoms with Gasteiger partial charge in [0.1, 0.15) is 12.2 Å². The molecule has 2 saturated heterocycles. The fourth-order valence-corrected chi connectivity index (χ4v) is 8.25. The van der Waals surface area contributed by atoms with Crippen molar-refractivity contribution >= 4 is 11.8 Å². The molecule has 0 unspecified atom stereocenters. The predicted molar refractivity (Wildman–Crippen MR) is 105 cm³/mol. The van der Waals surface area contributed by atoms with Crippen molar-refractivity contribution in [3.05, 3.63) is 11.6 Å². The van der Waals surface area contributed by atoms with E-state index in [1.165, 1.54) is 18.9 Å². The fraction of sp³-hybridized carbons (Fsp3) is 0.833. The molecule has 0 aromatic carbocycles. The van der Waals surface area contributed by atoms with Gasteiger partial charge in [0.15, 0.2) is 11.4 Å². The number of carbonyl (C=O) groups excluding carboxylic acids is 2. The molecule has 29 heavy (non-hydrogen) atoms. The molecule has 0 radical (unpaired) electrons. The lowest BCUT2D eigenvalue weighted by Crippen LogP contribution is -2.55. The van der Waals surface area contributed by atoms with Crippen LogP contribution < -0.4 is 0 Å². The van der Waals surface area contributed by atoms with E-state index in [-0.39, 0.29) is 40.9 Å². The average molecular weight is 401 g/mol. The molecule has 4 aliphatic carbocycles. The van der Waals surface area contributed by atoms with Crippen molar-refractivity contribution in [3.8, 4) is 0 Å². The number of ether oxygens (including phenoxy) is 3. The first kappa shape index (κ1) is 18.6. The highest BCUT2D eigenvalue weighted by Gasteiger charge is 2.81. The van der Waals surface area contributed by atoms with Crippen molar-refractivity contribution in [2.75, 3.05) is 6.61 Å². The Bertz CT molecular complexity index is 814. The van der Waals surface area contributed by atoms with Crippen LogP contribution >= 0.6 is 0 Å². The lowest BCUT2D eigenvalue weighted by atomic mass is 9.47. The molecule has 2 heterocycles. The van der Waals surface area contributed by atoms with E-state index in [2.05, 4.69) is 19.9 Å². The van der Waals surface area contributed by atoms with E-state index in [1.807, 2.05) is 0 Å². The maximum Gasteiger partial charge on any atom is 0.302 e. The molecule has 0 N–H and O–H groups in total. The summed E-state index contributed by atoms with van der Waals surface area (Å²) in [4.78, 5) is 24.5. The number of Topliss-reactive ketones (excluding diaryl/α,β-unsaturated/α-hetero) is 1. The number of epoxide rings is 2. The molecule has 6 aliphatic rings. The summed E-state index contributed by atoms with van der Waals surface area (Å²) in [6.45, 7) is 6.88. The molecule has 2 aliphatic heterocycles. The van der Waals surface area contributed by atoms with Crippen molar-refractivity contribution in [3.63, 3.8) is 0 Å². The van der Waals surface area contributed by atoms with Crippen molar-refractivity contribution in [1.82, 2.24) is 0 Å². The smallest absolute Gasteiger partial charge is 0.302 e. The quantitative estimate of drug-likeness (QED) is 0.411. The Balaban J connectivity index is 1.28. The molecule has 0 aromatic rings. The lowest BCUT2D eigenvalue weighted by Gasteiger charge is -2.58. The molecule has 5 heteroatoms. The second-order valence-electron chi connectivity index (χ2n) is 11.0. The van der Waals surface area contributed by atoms with Gasteiger partial charge in [-0.15, -0.1) is 0 Å². The second-order valence-corrected chi connectivity index (χ2v) is 11.0. The van der Waals surface area contributed by atoms with Gasteiger partial charge in [0.05, 0.1) is 12.7 Å². The van der Waals surface area contributed by atoms with E-state index in [0.717, 1.165) is 38.5 Å². The van der Waals surface area contributed by atoms with E-state index < -0.39 is 5.60 Å². The van der Waals surface area contributed by atoms with Gasteiger partial charge in [0.2, 0.25) is 0 Å². The van der Waals surface area contributed by atoms with Gasteiger partial charge in [-0.25, -0.2) is 0 Å². The van der Waals surface area contributed by atoms with Crippen LogP contribution in [0.15, 0.2) is 11.6 Å². The number of esters is 1. The average Bonchev–Trinajstić information content (AvgIpc) is 3.58. The Morgan fingerprint density at radius 3 is 2.69 bits per heavy atom. The monoisotopic (exact) mass is 400 g/mol. The van der Waals surface area contributed by atoms with Gasteiger partial charge in [0.25, 0.3) is 0 Å². The number of allylic oxidation sites excluding steroid dienone is 1. The van der Waals surface area contributed by atoms with Crippen LogP contribution in [-0.2, 0) is 23.8 Å². The molecule has 5 fully saturated rings. The van der Waals surface area contributed by atoms with Crippen molar-refractivity contribution < 1.29 is 23.8 Å². The van der Waals surface area contributed by atoms with Crippen LogP contribution in [-0.4, -0.2) is 42.3 Å². The third-order valence-electron chi connectivity index (χ3n) is 9.81. The van der Waals surface area contributed by atoms with E-state index in [9.17, 15) is 9.59 Å². The highest BCUT2D eigenvalue weighted by molar-refractivity contribution is 5.97. The molecule has 3 saturated carbocycles. The molecule has 0 bridgehead atoms. The second kappa shape index (κ2) is 5.73. The number of rotatable bonds is 3. The van der Waals surface area contributed by atoms with E-state index in [4.69, 9.17) is 14.2 Å². The van der Waals surface area contributed by atoms with E-state index in [1.54, 1.807) is 0 Å². The Kier molecular flexibility index (Phi) is 3.67. The first-order chi connectivity index (χ1) is 13.8. The zero-order chi connectivity index (χ0) is 20.2. The van der Waals surface area contributed by atoms with Crippen molar-refractivity contribution in [2.45, 2.75) is 89.6 Å². The minimum Gasteiger partial charge on any atom is -0.462 e. The number of hydrogen-bond donors (Lipinski definition) is 0. The van der Waals surface area contributed by atoms with Crippen LogP contribution in [0.3, 0.4) is 0 Å². The summed E-state index contributed by atoms with van der Waals surface area (Å²) >= 11 is 0. The SMILES string of the molecule is CC(=O)O[C@@H]1CC[C@@]2(C)C(=CC[C@@H]3[C@@H]2CC[C@@]2(C)[C@H]3C[C@H]3O[C@@]32C(=O)[C@@H]2CO2)C1. The summed E-state index contributed by atoms with van der Waals surface area (Å²) in [5, 5.41) is 0. The van der Waals surface area contributed by atoms with Gasteiger partial charge >= 0.3 is 5.97 Å². The minimum absolute atomic E-state index is 0.0431. The van der Waals surface area contributed by atoms with Crippen LogP contribution in [0.1, 0.15) is 65.7 Å². The molecule has 0 aromatic heterocycles. The van der Waals surface area contributed by atoms with Gasteiger partial charge in [-0.1, -0.05) is 25.5 Å². The standard InChI is InChI=1S/C24H32O5/c1-13(25)28-15-6-8-22(2)14(10-15)4-5-16-17(22)7-9-23(3)18(16)11-20-24(23,29-20)21(26)19-12-27-19/h4,15-20H,5-12H2,1-3H3/t15-,16-,17+,18+,19+,20-,22+,23+,24-/m1/s1. The summed E-state index contributed by atoms with van der Waals surface area (Å²) < 4.78 is 17.0. The Labute approximate surface area is 172 Å². The number of hydrogen-bond acceptors (Lipinski definition) is 5. The largest absolute Gasteiger partial charge is 0.462 e. The Hall–Kier alpha value is -1.20. The van der Waals surface area contributed by atoms with Crippen LogP contribution in [0.2, 0.25) is 0 Å². The molecular weight excluding hydrogens is 368 g/mol. The maximum atomic E-state index is 13.1. The predicted octanol–water partition coefficient (Wildman–Crippen LogP) is 3.60. The summed E-state index contributed by atoms with van der Waals surface area (Å²) in [7, 11) is 0. The topological polar surface area (TPSA) is 68.4 Å². The molecule has 5 nitrogen and oxygen atoms in total. The first-order valence-electron chi connectivity index (χ1n) is 11.5. The normalized spacial score (nSPS) is 54.2. The highest BCUT2D eigenvalue weighted by Crippen LogP contribution is 2.73. The van der Waals surface area contributed by atoms with Crippen LogP contribution in [0.25, 0.3) is 0 Å². The molecule has 6 rings (SSSR count). The third kappa shape index (κ3) is 2.29. The first-order valence-corrected chi connectivity index (χ1v) is 11.5. The zero-order valence-electron chi connectivity index (χ0n) is 17.7. The maximum absolute atomic E-state index is 13.1. The van der Waals surface area contributed by atoms with E-state index in [0.29, 0.717) is 24.4 Å². The number of ketones is 1.